The molecular formula is C12H26N2OS. The van der Waals surface area contributed by atoms with Gasteiger partial charge in [0.05, 0.1) is 6.04 Å². The van der Waals surface area contributed by atoms with Crippen LogP contribution in [0, 0.1) is 0 Å². The summed E-state index contributed by atoms with van der Waals surface area (Å²) in [6.07, 6.45) is 3.23. The molecule has 3 nitrogen and oxygen atoms in total. The van der Waals surface area contributed by atoms with Gasteiger partial charge in [-0.25, -0.2) is 0 Å². The second kappa shape index (κ2) is 8.88. The molecule has 0 aromatic rings. The molecule has 0 aliphatic rings. The molecule has 0 fully saturated rings. The molecule has 0 saturated carbocycles. The quantitative estimate of drug-likeness (QED) is 0.711. The fraction of sp³-hybridized carbons (Fsp3) is 0.917. The first kappa shape index (κ1) is 15.8. The number of thioether (sulfide) groups is 1. The van der Waals surface area contributed by atoms with Crippen LogP contribution in [0.2, 0.25) is 0 Å². The number of hydrogen-bond acceptors (Lipinski definition) is 3. The second-order valence-electron chi connectivity index (χ2n) is 4.02. The molecule has 0 spiro atoms. The molecule has 96 valence electrons. The molecule has 0 aliphatic carbocycles. The smallest absolute Gasteiger partial charge is 0.239 e. The molecule has 0 saturated heterocycles. The van der Waals surface area contributed by atoms with Crippen molar-refractivity contribution in [2.45, 2.75) is 45.4 Å². The van der Waals surface area contributed by atoms with Crippen molar-refractivity contribution >= 4 is 17.7 Å². The lowest BCUT2D eigenvalue weighted by Crippen LogP contribution is -2.45. The van der Waals surface area contributed by atoms with Crippen LogP contribution in [0.5, 0.6) is 0 Å². The van der Waals surface area contributed by atoms with Crippen molar-refractivity contribution < 1.29 is 4.79 Å². The third-order valence-corrected chi connectivity index (χ3v) is 3.89. The number of hydrogen-bond donors (Lipinski definition) is 1. The normalized spacial score (nSPS) is 14.6. The predicted molar refractivity (Wildman–Crippen MR) is 73.0 cm³/mol. The molecule has 0 rings (SSSR count). The van der Waals surface area contributed by atoms with E-state index in [0.717, 1.165) is 26.1 Å². The zero-order valence-electron chi connectivity index (χ0n) is 11.2. The van der Waals surface area contributed by atoms with E-state index in [1.807, 2.05) is 37.4 Å². The van der Waals surface area contributed by atoms with Crippen molar-refractivity contribution in [2.75, 3.05) is 25.9 Å². The number of carbonyl (C=O) groups excluding carboxylic acids is 1. The summed E-state index contributed by atoms with van der Waals surface area (Å²) in [5.74, 6) is 0.210. The molecule has 2 unspecified atom stereocenters. The third-order valence-electron chi connectivity index (χ3n) is 2.85. The molecule has 0 heterocycles. The van der Waals surface area contributed by atoms with Gasteiger partial charge in [0.25, 0.3) is 0 Å². The van der Waals surface area contributed by atoms with Crippen LogP contribution >= 0.6 is 11.8 Å². The maximum atomic E-state index is 11.9. The topological polar surface area (TPSA) is 32.3 Å². The van der Waals surface area contributed by atoms with E-state index < -0.39 is 0 Å². The highest BCUT2D eigenvalue weighted by atomic mass is 32.2. The molecule has 1 amide bonds. The molecule has 1 N–H and O–H groups in total. The zero-order chi connectivity index (χ0) is 12.6. The maximum absolute atomic E-state index is 11.9. The van der Waals surface area contributed by atoms with E-state index >= 15 is 0 Å². The van der Waals surface area contributed by atoms with Gasteiger partial charge < -0.3 is 10.2 Å². The lowest BCUT2D eigenvalue weighted by Gasteiger charge is -2.23. The van der Waals surface area contributed by atoms with Crippen LogP contribution in [0.1, 0.15) is 34.1 Å². The molecule has 0 aromatic heterocycles. The Kier molecular flexibility index (Phi) is 8.76. The molecule has 0 aromatic carbocycles. The lowest BCUT2D eigenvalue weighted by molar-refractivity contribution is -0.132. The molecule has 0 aliphatic heterocycles. The number of likely N-dealkylation sites (N-methyl/N-ethyl adjacent to an activating group) is 1. The molecule has 0 bridgehead atoms. The van der Waals surface area contributed by atoms with E-state index in [2.05, 4.69) is 18.5 Å². The first-order valence-electron chi connectivity index (χ1n) is 6.11. The average molecular weight is 246 g/mol. The van der Waals surface area contributed by atoms with Crippen LogP contribution in [0.4, 0.5) is 0 Å². The van der Waals surface area contributed by atoms with E-state index in [-0.39, 0.29) is 11.9 Å². The Morgan fingerprint density at radius 1 is 1.31 bits per heavy atom. The number of amides is 1. The monoisotopic (exact) mass is 246 g/mol. The van der Waals surface area contributed by atoms with Crippen LogP contribution in [-0.2, 0) is 4.79 Å². The molecule has 16 heavy (non-hydrogen) atoms. The zero-order valence-corrected chi connectivity index (χ0v) is 12.1. The largest absolute Gasteiger partial charge is 0.342 e. The summed E-state index contributed by atoms with van der Waals surface area (Å²) in [5, 5.41) is 3.95. The Balaban J connectivity index is 3.87. The standard InChI is InChI=1S/C12H26N2OS/c1-6-14(7-2)12(15)11(4)13-9-8-10(3)16-5/h10-11,13H,6-9H2,1-5H3. The highest BCUT2D eigenvalue weighted by Crippen LogP contribution is 2.08. The summed E-state index contributed by atoms with van der Waals surface area (Å²) in [7, 11) is 0. The van der Waals surface area contributed by atoms with Gasteiger partial charge in [0, 0.05) is 18.3 Å². The highest BCUT2D eigenvalue weighted by molar-refractivity contribution is 7.99. The van der Waals surface area contributed by atoms with Gasteiger partial charge in [-0.1, -0.05) is 6.92 Å². The van der Waals surface area contributed by atoms with Gasteiger partial charge in [0.15, 0.2) is 0 Å². The van der Waals surface area contributed by atoms with Crippen LogP contribution < -0.4 is 5.32 Å². The van der Waals surface area contributed by atoms with Gasteiger partial charge in [-0.05, 0) is 40.0 Å². The molecule has 0 radical (unpaired) electrons. The molecule has 4 heteroatoms. The van der Waals surface area contributed by atoms with Gasteiger partial charge in [-0.3, -0.25) is 4.79 Å². The summed E-state index contributed by atoms with van der Waals surface area (Å²) in [5.41, 5.74) is 0. The fourth-order valence-electron chi connectivity index (χ4n) is 1.52. The Morgan fingerprint density at radius 2 is 1.88 bits per heavy atom. The lowest BCUT2D eigenvalue weighted by atomic mass is 10.2. The van der Waals surface area contributed by atoms with Gasteiger partial charge in [0.2, 0.25) is 5.91 Å². The van der Waals surface area contributed by atoms with Gasteiger partial charge >= 0.3 is 0 Å². The summed E-state index contributed by atoms with van der Waals surface area (Å²) in [4.78, 5) is 13.8. The van der Waals surface area contributed by atoms with Crippen LogP contribution in [0.3, 0.4) is 0 Å². The first-order valence-corrected chi connectivity index (χ1v) is 7.40. The first-order chi connectivity index (χ1) is 7.56. The van der Waals surface area contributed by atoms with Crippen LogP contribution in [0.15, 0.2) is 0 Å². The van der Waals surface area contributed by atoms with Crippen LogP contribution in [0.25, 0.3) is 0 Å². The van der Waals surface area contributed by atoms with E-state index in [1.54, 1.807) is 0 Å². The van der Waals surface area contributed by atoms with Crippen molar-refractivity contribution in [3.8, 4) is 0 Å². The Labute approximate surface area is 104 Å². The summed E-state index contributed by atoms with van der Waals surface area (Å²) >= 11 is 1.86. The van der Waals surface area contributed by atoms with Crippen molar-refractivity contribution in [1.29, 1.82) is 0 Å². The molecular weight excluding hydrogens is 220 g/mol. The van der Waals surface area contributed by atoms with E-state index in [9.17, 15) is 4.79 Å². The van der Waals surface area contributed by atoms with Crippen molar-refractivity contribution in [3.05, 3.63) is 0 Å². The second-order valence-corrected chi connectivity index (χ2v) is 5.30. The van der Waals surface area contributed by atoms with E-state index in [0.29, 0.717) is 5.25 Å². The minimum Gasteiger partial charge on any atom is -0.342 e. The number of nitrogens with zero attached hydrogens (tertiary/aromatic N) is 1. The average Bonchev–Trinajstić information content (AvgIpc) is 2.29. The number of rotatable bonds is 8. The van der Waals surface area contributed by atoms with Gasteiger partial charge in [-0.2, -0.15) is 11.8 Å². The Morgan fingerprint density at radius 3 is 2.31 bits per heavy atom. The Hall–Kier alpha value is -0.220. The van der Waals surface area contributed by atoms with Gasteiger partial charge in [0.1, 0.15) is 0 Å². The minimum absolute atomic E-state index is 0.0612. The van der Waals surface area contributed by atoms with Crippen molar-refractivity contribution in [3.63, 3.8) is 0 Å². The fourth-order valence-corrected chi connectivity index (χ4v) is 1.87. The predicted octanol–water partition coefficient (Wildman–Crippen LogP) is 1.97. The molecule has 2 atom stereocenters. The minimum atomic E-state index is -0.0612. The third kappa shape index (κ3) is 5.75. The van der Waals surface area contributed by atoms with Crippen molar-refractivity contribution in [1.82, 2.24) is 10.2 Å². The summed E-state index contributed by atoms with van der Waals surface area (Å²) < 4.78 is 0. The maximum Gasteiger partial charge on any atom is 0.239 e. The summed E-state index contributed by atoms with van der Waals surface area (Å²) in [6.45, 7) is 10.7. The summed E-state index contributed by atoms with van der Waals surface area (Å²) in [6, 6.07) is -0.0612. The SMILES string of the molecule is CCN(CC)C(=O)C(C)NCCC(C)SC. The van der Waals surface area contributed by atoms with E-state index in [4.69, 9.17) is 0 Å². The number of carbonyl (C=O) groups is 1. The highest BCUT2D eigenvalue weighted by Gasteiger charge is 2.17. The van der Waals surface area contributed by atoms with E-state index in [1.165, 1.54) is 0 Å². The van der Waals surface area contributed by atoms with Crippen LogP contribution in [-0.4, -0.2) is 48.0 Å². The van der Waals surface area contributed by atoms with Crippen molar-refractivity contribution in [2.24, 2.45) is 0 Å². The number of nitrogens with one attached hydrogen (secondary N) is 1. The van der Waals surface area contributed by atoms with Gasteiger partial charge in [-0.15, -0.1) is 0 Å². The Bertz CT molecular complexity index is 195.